The zero-order chi connectivity index (χ0) is 18.7. The minimum absolute atomic E-state index is 0.000601. The van der Waals surface area contributed by atoms with Crippen molar-refractivity contribution >= 4 is 21.5 Å². The van der Waals surface area contributed by atoms with Crippen LogP contribution >= 0.6 is 0 Å². The van der Waals surface area contributed by atoms with E-state index in [9.17, 15) is 8.42 Å². The van der Waals surface area contributed by atoms with Gasteiger partial charge < -0.3 is 15.7 Å². The first-order chi connectivity index (χ1) is 12.4. The van der Waals surface area contributed by atoms with Gasteiger partial charge in [-0.2, -0.15) is 0 Å². The van der Waals surface area contributed by atoms with Crippen molar-refractivity contribution in [1.82, 2.24) is 15.0 Å². The largest absolute Gasteiger partial charge is 0.371 e. The van der Waals surface area contributed by atoms with Gasteiger partial charge in [-0.05, 0) is 18.9 Å². The van der Waals surface area contributed by atoms with Crippen LogP contribution in [0.4, 0.5) is 5.69 Å². The number of pyridine rings is 1. The second-order valence-electron chi connectivity index (χ2n) is 5.86. The lowest BCUT2D eigenvalue weighted by molar-refractivity contribution is 0.488. The standard InChI is InChI=1S/C14H19N9O2S/c15-12(21-22-16)11-10(1-4-20-14(11)26(17,24)25)23-7-2-9(3-8-23)13-18-5-6-19-13/h1,4-6,9H,2-3,7-8H2,(H,18,19)(H3,15,16,21)(H2,17,24,25). The van der Waals surface area contributed by atoms with Crippen LogP contribution in [0.3, 0.4) is 0 Å². The predicted octanol–water partition coefficient (Wildman–Crippen LogP) is 0.487. The van der Waals surface area contributed by atoms with Gasteiger partial charge in [-0.1, -0.05) is 5.22 Å². The van der Waals surface area contributed by atoms with E-state index < -0.39 is 20.9 Å². The van der Waals surface area contributed by atoms with Crippen molar-refractivity contribution in [2.24, 2.45) is 21.3 Å². The van der Waals surface area contributed by atoms with E-state index in [-0.39, 0.29) is 5.56 Å². The van der Waals surface area contributed by atoms with Crippen LogP contribution in [0.5, 0.6) is 0 Å². The van der Waals surface area contributed by atoms with Crippen LogP contribution in [-0.4, -0.2) is 42.3 Å². The third-order valence-electron chi connectivity index (χ3n) is 4.30. The van der Waals surface area contributed by atoms with Gasteiger partial charge >= 0.3 is 0 Å². The summed E-state index contributed by atoms with van der Waals surface area (Å²) in [6, 6.07) is 1.64. The van der Waals surface area contributed by atoms with E-state index in [4.69, 9.17) is 16.4 Å². The summed E-state index contributed by atoms with van der Waals surface area (Å²) in [6.07, 6.45) is 6.52. The molecule has 6 N–H and O–H groups in total. The third kappa shape index (κ3) is 3.55. The summed E-state index contributed by atoms with van der Waals surface area (Å²) in [5.74, 6) is 5.85. The average molecular weight is 377 g/mol. The van der Waals surface area contributed by atoms with Crippen molar-refractivity contribution < 1.29 is 8.42 Å². The van der Waals surface area contributed by atoms with Gasteiger partial charge in [-0.3, -0.25) is 5.41 Å². The summed E-state index contributed by atoms with van der Waals surface area (Å²) in [6.45, 7) is 1.30. The van der Waals surface area contributed by atoms with Gasteiger partial charge in [0.15, 0.2) is 10.9 Å². The van der Waals surface area contributed by atoms with Crippen LogP contribution in [0.2, 0.25) is 0 Å². The van der Waals surface area contributed by atoms with Crippen molar-refractivity contribution in [3.8, 4) is 0 Å². The molecule has 11 nitrogen and oxygen atoms in total. The molecule has 0 saturated carbocycles. The number of H-pyrrole nitrogens is 1. The first-order valence-corrected chi connectivity index (χ1v) is 9.42. The molecule has 26 heavy (non-hydrogen) atoms. The molecular weight excluding hydrogens is 358 g/mol. The molecule has 1 aliphatic heterocycles. The van der Waals surface area contributed by atoms with E-state index in [1.54, 1.807) is 18.5 Å². The number of piperidine rings is 1. The Kier molecular flexibility index (Phi) is 4.95. The van der Waals surface area contributed by atoms with Gasteiger partial charge in [0.2, 0.25) is 0 Å². The lowest BCUT2D eigenvalue weighted by atomic mass is 9.95. The normalized spacial score (nSPS) is 16.3. The molecule has 0 unspecified atom stereocenters. The zero-order valence-corrected chi connectivity index (χ0v) is 14.6. The van der Waals surface area contributed by atoms with Gasteiger partial charge in [0.25, 0.3) is 10.0 Å². The Morgan fingerprint density at radius 2 is 2.04 bits per heavy atom. The Morgan fingerprint density at radius 1 is 1.31 bits per heavy atom. The second-order valence-corrected chi connectivity index (χ2v) is 7.33. The number of rotatable bonds is 4. The molecule has 2 aromatic heterocycles. The van der Waals surface area contributed by atoms with Crippen molar-refractivity contribution in [1.29, 1.82) is 5.41 Å². The first-order valence-electron chi connectivity index (χ1n) is 7.87. The molecule has 12 heteroatoms. The average Bonchev–Trinajstić information content (AvgIpc) is 3.15. The van der Waals surface area contributed by atoms with Crippen LogP contribution < -0.4 is 15.9 Å². The van der Waals surface area contributed by atoms with Crippen LogP contribution in [0.1, 0.15) is 30.1 Å². The molecule has 138 valence electrons. The number of nitrogens with zero attached hydrogens (tertiary/aromatic N) is 5. The van der Waals surface area contributed by atoms with Crippen molar-refractivity contribution in [2.45, 2.75) is 23.8 Å². The van der Waals surface area contributed by atoms with Crippen LogP contribution in [0.15, 0.2) is 40.0 Å². The van der Waals surface area contributed by atoms with Crippen LogP contribution in [-0.2, 0) is 10.0 Å². The zero-order valence-electron chi connectivity index (χ0n) is 13.8. The number of nitrogens with two attached hydrogens (primary N) is 2. The number of hydrogen-bond donors (Lipinski definition) is 4. The number of anilines is 1. The minimum Gasteiger partial charge on any atom is -0.371 e. The molecule has 0 atom stereocenters. The Labute approximate surface area is 150 Å². The number of hydrogen-bond acceptors (Lipinski definition) is 7. The maximum absolute atomic E-state index is 11.9. The topological polar surface area (TPSA) is 180 Å². The van der Waals surface area contributed by atoms with E-state index >= 15 is 0 Å². The highest BCUT2D eigenvalue weighted by atomic mass is 32.2. The number of amidine groups is 1. The Balaban J connectivity index is 1.94. The number of sulfonamides is 1. The van der Waals surface area contributed by atoms with E-state index in [1.165, 1.54) is 6.20 Å². The molecular formula is C14H19N9O2S. The summed E-state index contributed by atoms with van der Waals surface area (Å²) in [5, 5.41) is 19.4. The fourth-order valence-corrected chi connectivity index (χ4v) is 3.83. The molecule has 3 rings (SSSR count). The molecule has 0 radical (unpaired) electrons. The molecule has 0 bridgehead atoms. The maximum atomic E-state index is 11.9. The van der Waals surface area contributed by atoms with Crippen molar-refractivity contribution in [2.75, 3.05) is 18.0 Å². The highest BCUT2D eigenvalue weighted by molar-refractivity contribution is 7.89. The lowest BCUT2D eigenvalue weighted by Gasteiger charge is -2.34. The minimum atomic E-state index is -4.14. The fourth-order valence-electron chi connectivity index (χ4n) is 3.14. The monoisotopic (exact) mass is 377 g/mol. The molecule has 3 heterocycles. The molecule has 0 aliphatic carbocycles. The summed E-state index contributed by atoms with van der Waals surface area (Å²) in [4.78, 5) is 13.2. The molecule has 1 aliphatic rings. The van der Waals surface area contributed by atoms with Gasteiger partial charge in [0.1, 0.15) is 5.82 Å². The molecule has 0 spiro atoms. The summed E-state index contributed by atoms with van der Waals surface area (Å²) < 4.78 is 23.8. The Morgan fingerprint density at radius 3 is 2.62 bits per heavy atom. The van der Waals surface area contributed by atoms with E-state index in [0.717, 1.165) is 18.7 Å². The molecule has 0 aromatic carbocycles. The SMILES string of the molecule is N=C(N=NN)c1c(N2CCC(c3ncc[nH]3)CC2)ccnc1S(N)(=O)=O. The Hall–Kier alpha value is -2.86. The Bertz CT molecular complexity index is 916. The smallest absolute Gasteiger partial charge is 0.256 e. The third-order valence-corrected chi connectivity index (χ3v) is 5.15. The van der Waals surface area contributed by atoms with E-state index in [2.05, 4.69) is 25.3 Å². The van der Waals surface area contributed by atoms with Crippen molar-refractivity contribution in [3.63, 3.8) is 0 Å². The molecule has 1 saturated heterocycles. The number of nitrogens with one attached hydrogen (secondary N) is 2. The van der Waals surface area contributed by atoms with Crippen LogP contribution in [0.25, 0.3) is 0 Å². The number of primary sulfonamides is 1. The van der Waals surface area contributed by atoms with E-state index in [0.29, 0.717) is 24.7 Å². The number of imidazole rings is 1. The molecule has 0 amide bonds. The highest BCUT2D eigenvalue weighted by Crippen LogP contribution is 2.32. The van der Waals surface area contributed by atoms with Gasteiger partial charge in [0, 0.05) is 37.6 Å². The van der Waals surface area contributed by atoms with Crippen LogP contribution in [0, 0.1) is 5.41 Å². The summed E-state index contributed by atoms with van der Waals surface area (Å²) in [5.41, 5.74) is 0.514. The quantitative estimate of drug-likeness (QED) is 0.198. The van der Waals surface area contributed by atoms with Gasteiger partial charge in [-0.25, -0.2) is 23.5 Å². The maximum Gasteiger partial charge on any atom is 0.256 e. The van der Waals surface area contributed by atoms with Gasteiger partial charge in [-0.15, -0.1) is 5.11 Å². The number of aromatic nitrogens is 3. The van der Waals surface area contributed by atoms with Gasteiger partial charge in [0.05, 0.1) is 11.3 Å². The summed E-state index contributed by atoms with van der Waals surface area (Å²) >= 11 is 0. The lowest BCUT2D eigenvalue weighted by Crippen LogP contribution is -2.35. The predicted molar refractivity (Wildman–Crippen MR) is 94.3 cm³/mol. The number of aromatic amines is 1. The van der Waals surface area contributed by atoms with Crippen molar-refractivity contribution in [3.05, 3.63) is 36.0 Å². The fraction of sp³-hybridized carbons (Fsp3) is 0.357. The van der Waals surface area contributed by atoms with E-state index in [1.807, 2.05) is 4.90 Å². The first kappa shape index (κ1) is 17.9. The summed E-state index contributed by atoms with van der Waals surface area (Å²) in [7, 11) is -4.14. The highest BCUT2D eigenvalue weighted by Gasteiger charge is 2.28. The molecule has 2 aromatic rings. The second kappa shape index (κ2) is 7.17. The molecule has 1 fully saturated rings.